The van der Waals surface area contributed by atoms with Gasteiger partial charge in [0.1, 0.15) is 5.82 Å². The largest absolute Gasteiger partial charge is 0.308 e. The summed E-state index contributed by atoms with van der Waals surface area (Å²) in [5, 5.41) is 4.04. The Hall–Kier alpha value is -1.97. The minimum absolute atomic E-state index is 0.125. The van der Waals surface area contributed by atoms with E-state index in [0.717, 1.165) is 0 Å². The molecule has 0 aliphatic heterocycles. The van der Waals surface area contributed by atoms with E-state index in [1.54, 1.807) is 10.9 Å². The topological polar surface area (TPSA) is 115 Å². The summed E-state index contributed by atoms with van der Waals surface area (Å²) in [5.41, 5.74) is 2.31. The zero-order chi connectivity index (χ0) is 14.4. The van der Waals surface area contributed by atoms with Gasteiger partial charge in [-0.05, 0) is 18.6 Å². The molecule has 0 atom stereocenters. The molecule has 0 radical (unpaired) electrons. The summed E-state index contributed by atoms with van der Waals surface area (Å²) in [4.78, 5) is 3.99. The summed E-state index contributed by atoms with van der Waals surface area (Å²) in [6.07, 6.45) is 5.54. The van der Waals surface area contributed by atoms with E-state index in [-0.39, 0.29) is 4.90 Å². The average molecular weight is 296 g/mol. The maximum atomic E-state index is 12.0. The molecule has 0 saturated heterocycles. The van der Waals surface area contributed by atoms with Crippen LogP contribution in [-0.2, 0) is 16.6 Å². The van der Waals surface area contributed by atoms with Gasteiger partial charge in [-0.15, -0.1) is 0 Å². The van der Waals surface area contributed by atoms with Crippen LogP contribution in [0.1, 0.15) is 6.42 Å². The van der Waals surface area contributed by atoms with E-state index < -0.39 is 10.0 Å². The molecule has 2 heterocycles. The number of nitrogens with zero attached hydrogens (tertiary/aromatic N) is 3. The lowest BCUT2D eigenvalue weighted by molar-refractivity contribution is 0.553. The summed E-state index contributed by atoms with van der Waals surface area (Å²) >= 11 is 0. The SMILES string of the molecule is NNc1cc(S(=O)(=O)NCCCn2cccn2)ccn1. The lowest BCUT2D eigenvalue weighted by Gasteiger charge is -2.08. The van der Waals surface area contributed by atoms with Crippen molar-refractivity contribution in [3.05, 3.63) is 36.8 Å². The van der Waals surface area contributed by atoms with E-state index in [1.807, 2.05) is 12.3 Å². The van der Waals surface area contributed by atoms with Gasteiger partial charge in [-0.2, -0.15) is 5.10 Å². The molecule has 0 unspecified atom stereocenters. The van der Waals surface area contributed by atoms with Crippen LogP contribution in [0.15, 0.2) is 41.7 Å². The van der Waals surface area contributed by atoms with Crippen molar-refractivity contribution >= 4 is 15.8 Å². The molecule has 0 aromatic carbocycles. The van der Waals surface area contributed by atoms with Crippen molar-refractivity contribution in [1.82, 2.24) is 19.5 Å². The first-order valence-corrected chi connectivity index (χ1v) is 7.50. The maximum absolute atomic E-state index is 12.0. The molecule has 0 aliphatic carbocycles. The van der Waals surface area contributed by atoms with Crippen molar-refractivity contribution in [2.24, 2.45) is 5.84 Å². The Morgan fingerprint density at radius 2 is 2.20 bits per heavy atom. The average Bonchev–Trinajstić information content (AvgIpc) is 2.97. The molecule has 9 heteroatoms. The second-order valence-corrected chi connectivity index (χ2v) is 5.81. The minimum Gasteiger partial charge on any atom is -0.308 e. The first kappa shape index (κ1) is 14.4. The zero-order valence-corrected chi connectivity index (χ0v) is 11.5. The highest BCUT2D eigenvalue weighted by molar-refractivity contribution is 7.89. The Balaban J connectivity index is 1.90. The fourth-order valence-corrected chi connectivity index (χ4v) is 2.71. The quantitative estimate of drug-likeness (QED) is 0.374. The number of sulfonamides is 1. The van der Waals surface area contributed by atoms with Crippen LogP contribution in [0.4, 0.5) is 5.82 Å². The van der Waals surface area contributed by atoms with Crippen molar-refractivity contribution in [2.75, 3.05) is 12.0 Å². The fraction of sp³-hybridized carbons (Fsp3) is 0.273. The molecule has 2 aromatic heterocycles. The molecule has 0 bridgehead atoms. The number of nitrogens with two attached hydrogens (primary N) is 1. The third kappa shape index (κ3) is 3.76. The molecule has 0 amide bonds. The highest BCUT2D eigenvalue weighted by Gasteiger charge is 2.13. The van der Waals surface area contributed by atoms with Crippen LogP contribution in [0.5, 0.6) is 0 Å². The molecule has 0 spiro atoms. The van der Waals surface area contributed by atoms with Crippen molar-refractivity contribution in [2.45, 2.75) is 17.9 Å². The van der Waals surface area contributed by atoms with Crippen LogP contribution in [0.3, 0.4) is 0 Å². The minimum atomic E-state index is -3.55. The second kappa shape index (κ2) is 6.46. The van der Waals surface area contributed by atoms with E-state index in [2.05, 4.69) is 20.2 Å². The fourth-order valence-electron chi connectivity index (χ4n) is 1.62. The van der Waals surface area contributed by atoms with Gasteiger partial charge >= 0.3 is 0 Å². The van der Waals surface area contributed by atoms with Gasteiger partial charge in [-0.3, -0.25) is 4.68 Å². The lowest BCUT2D eigenvalue weighted by Crippen LogP contribution is -2.26. The molecule has 20 heavy (non-hydrogen) atoms. The second-order valence-electron chi connectivity index (χ2n) is 4.04. The summed E-state index contributed by atoms with van der Waals surface area (Å²) in [6, 6.07) is 4.61. The van der Waals surface area contributed by atoms with Crippen LogP contribution < -0.4 is 16.0 Å². The number of hydrazine groups is 1. The predicted molar refractivity (Wildman–Crippen MR) is 74.1 cm³/mol. The van der Waals surface area contributed by atoms with Crippen molar-refractivity contribution in [1.29, 1.82) is 0 Å². The number of hydrogen-bond donors (Lipinski definition) is 3. The molecular formula is C11H16N6O2S. The number of nitrogen functional groups attached to an aromatic ring is 1. The normalized spacial score (nSPS) is 11.4. The monoisotopic (exact) mass is 296 g/mol. The van der Waals surface area contributed by atoms with Gasteiger partial charge in [0.15, 0.2) is 0 Å². The van der Waals surface area contributed by atoms with Gasteiger partial charge in [0.25, 0.3) is 0 Å². The lowest BCUT2D eigenvalue weighted by atomic mass is 10.4. The molecule has 0 saturated carbocycles. The summed E-state index contributed by atoms with van der Waals surface area (Å²) in [6.45, 7) is 0.984. The molecule has 2 rings (SSSR count). The highest BCUT2D eigenvalue weighted by atomic mass is 32.2. The molecule has 4 N–H and O–H groups in total. The number of anilines is 1. The summed E-state index contributed by atoms with van der Waals surface area (Å²) in [7, 11) is -3.55. The van der Waals surface area contributed by atoms with Crippen LogP contribution in [0.25, 0.3) is 0 Å². The van der Waals surface area contributed by atoms with Gasteiger partial charge in [0.05, 0.1) is 4.90 Å². The Bertz CT molecular complexity index is 641. The van der Waals surface area contributed by atoms with Crippen LogP contribution in [-0.4, -0.2) is 29.7 Å². The Morgan fingerprint density at radius 3 is 2.90 bits per heavy atom. The van der Waals surface area contributed by atoms with Crippen molar-refractivity contribution in [3.8, 4) is 0 Å². The zero-order valence-electron chi connectivity index (χ0n) is 10.7. The van der Waals surface area contributed by atoms with E-state index in [0.29, 0.717) is 25.3 Å². The van der Waals surface area contributed by atoms with Crippen molar-refractivity contribution in [3.63, 3.8) is 0 Å². The number of aryl methyl sites for hydroxylation is 1. The number of rotatable bonds is 7. The number of aromatic nitrogens is 3. The summed E-state index contributed by atoms with van der Waals surface area (Å²) < 4.78 is 28.3. The molecule has 8 nitrogen and oxygen atoms in total. The van der Waals surface area contributed by atoms with E-state index >= 15 is 0 Å². The first-order chi connectivity index (χ1) is 9.62. The third-order valence-corrected chi connectivity index (χ3v) is 4.06. The van der Waals surface area contributed by atoms with Crippen molar-refractivity contribution < 1.29 is 8.42 Å². The number of pyridine rings is 1. The Labute approximate surface area is 117 Å². The first-order valence-electron chi connectivity index (χ1n) is 6.01. The number of hydrogen-bond acceptors (Lipinski definition) is 6. The van der Waals surface area contributed by atoms with E-state index in [9.17, 15) is 8.42 Å². The Morgan fingerprint density at radius 1 is 1.35 bits per heavy atom. The van der Waals surface area contributed by atoms with Crippen LogP contribution in [0.2, 0.25) is 0 Å². The molecule has 108 valence electrons. The standard InChI is InChI=1S/C11H16N6O2S/c12-16-11-9-10(3-6-13-11)20(18,19)15-5-2-8-17-7-1-4-14-17/h1,3-4,6-7,9,15H,2,5,8,12H2,(H,13,16). The molecule has 0 fully saturated rings. The Kier molecular flexibility index (Phi) is 4.66. The van der Waals surface area contributed by atoms with Crippen LogP contribution in [0, 0.1) is 0 Å². The number of nitrogens with one attached hydrogen (secondary N) is 2. The van der Waals surface area contributed by atoms with E-state index in [1.165, 1.54) is 18.3 Å². The molecule has 2 aromatic rings. The predicted octanol–water partition coefficient (Wildman–Crippen LogP) is -0.0677. The smallest absolute Gasteiger partial charge is 0.240 e. The molecule has 0 aliphatic rings. The van der Waals surface area contributed by atoms with Gasteiger partial charge in [0, 0.05) is 37.7 Å². The van der Waals surface area contributed by atoms with Crippen LogP contribution >= 0.6 is 0 Å². The third-order valence-electron chi connectivity index (χ3n) is 2.60. The van der Waals surface area contributed by atoms with Gasteiger partial charge in [-0.25, -0.2) is 24.0 Å². The van der Waals surface area contributed by atoms with Gasteiger partial charge in [-0.1, -0.05) is 0 Å². The summed E-state index contributed by atoms with van der Waals surface area (Å²) in [5.74, 6) is 5.50. The highest BCUT2D eigenvalue weighted by Crippen LogP contribution is 2.11. The van der Waals surface area contributed by atoms with Gasteiger partial charge in [0.2, 0.25) is 10.0 Å². The van der Waals surface area contributed by atoms with E-state index in [4.69, 9.17) is 5.84 Å². The van der Waals surface area contributed by atoms with Gasteiger partial charge < -0.3 is 5.43 Å². The maximum Gasteiger partial charge on any atom is 0.240 e. The molecular weight excluding hydrogens is 280 g/mol.